The highest BCUT2D eigenvalue weighted by molar-refractivity contribution is 6.30. The van der Waals surface area contributed by atoms with E-state index in [1.165, 1.54) is 45.5 Å². The molecule has 2 aromatic heterocycles. The minimum atomic E-state index is -0.183. The van der Waals surface area contributed by atoms with Crippen LogP contribution in [0.4, 0.5) is 0 Å². The van der Waals surface area contributed by atoms with E-state index in [0.717, 1.165) is 84.7 Å². The third-order valence-electron chi connectivity index (χ3n) is 11.5. The summed E-state index contributed by atoms with van der Waals surface area (Å²) in [7, 11) is 0. The smallest absolute Gasteiger partial charge is 0.264 e. The van der Waals surface area contributed by atoms with Crippen molar-refractivity contribution >= 4 is 23.2 Å². The van der Waals surface area contributed by atoms with Crippen LogP contribution in [0.5, 0.6) is 0 Å². The summed E-state index contributed by atoms with van der Waals surface area (Å²) in [5, 5.41) is 14.9. The van der Waals surface area contributed by atoms with E-state index in [1.54, 1.807) is 12.1 Å². The Hall–Kier alpha value is -4.86. The molecule has 4 bridgehead atoms. The van der Waals surface area contributed by atoms with Gasteiger partial charge in [-0.2, -0.15) is 10.2 Å². The second-order valence-corrected chi connectivity index (χ2v) is 15.3. The van der Waals surface area contributed by atoms with Gasteiger partial charge in [0.2, 0.25) is 0 Å². The molecule has 4 aliphatic rings. The predicted molar refractivity (Wildman–Crippen MR) is 205 cm³/mol. The zero-order chi connectivity index (χ0) is 35.5. The van der Waals surface area contributed by atoms with Gasteiger partial charge in [0.1, 0.15) is 0 Å². The number of H-pyrrole nitrogens is 2. The molecule has 4 unspecified atom stereocenters. The van der Waals surface area contributed by atoms with Crippen LogP contribution in [0.15, 0.2) is 119 Å². The average Bonchev–Trinajstić information content (AvgIpc) is 3.71. The molecule has 6 aromatic rings. The van der Waals surface area contributed by atoms with Crippen LogP contribution in [0.2, 0.25) is 10.0 Å². The Morgan fingerprint density at radius 2 is 0.962 bits per heavy atom. The number of nitrogens with zero attached hydrogens (tertiary/aromatic N) is 4. The lowest BCUT2D eigenvalue weighted by Gasteiger charge is -2.37. The number of rotatable bonds is 4. The maximum Gasteiger partial charge on any atom is 0.264 e. The predicted octanol–water partition coefficient (Wildman–Crippen LogP) is 7.19. The molecule has 2 saturated heterocycles. The van der Waals surface area contributed by atoms with Crippen molar-refractivity contribution in [3.05, 3.63) is 173 Å². The molecular formula is C42H36Cl2N6O2. The van der Waals surface area contributed by atoms with Gasteiger partial charge in [0.25, 0.3) is 11.1 Å². The minimum absolute atomic E-state index is 0.0368. The molecule has 0 aliphatic carbocycles. The van der Waals surface area contributed by atoms with Crippen LogP contribution in [-0.4, -0.2) is 56.4 Å². The van der Waals surface area contributed by atoms with E-state index in [4.69, 9.17) is 23.2 Å². The third kappa shape index (κ3) is 5.80. The van der Waals surface area contributed by atoms with Gasteiger partial charge in [0.15, 0.2) is 0 Å². The van der Waals surface area contributed by atoms with Crippen molar-refractivity contribution in [3.8, 4) is 22.5 Å². The van der Waals surface area contributed by atoms with Gasteiger partial charge in [-0.1, -0.05) is 71.7 Å². The summed E-state index contributed by atoms with van der Waals surface area (Å²) in [6.45, 7) is 6.23. The van der Waals surface area contributed by atoms with E-state index < -0.39 is 0 Å². The van der Waals surface area contributed by atoms with Crippen molar-refractivity contribution in [1.29, 1.82) is 0 Å². The fraction of sp³-hybridized carbons (Fsp3) is 0.238. The second kappa shape index (κ2) is 13.0. The number of halogens is 2. The van der Waals surface area contributed by atoms with Crippen molar-refractivity contribution in [2.75, 3.05) is 26.2 Å². The number of aromatic amines is 2. The summed E-state index contributed by atoms with van der Waals surface area (Å²) < 4.78 is 0. The second-order valence-electron chi connectivity index (χ2n) is 14.5. The number of fused-ring (bicyclic) bond motifs is 8. The molecule has 10 heteroatoms. The maximum absolute atomic E-state index is 11.3. The molecule has 4 aromatic carbocycles. The van der Waals surface area contributed by atoms with Crippen molar-refractivity contribution in [2.45, 2.75) is 36.8 Å². The first kappa shape index (κ1) is 33.0. The van der Waals surface area contributed by atoms with Gasteiger partial charge in [-0.15, -0.1) is 0 Å². The molecule has 8 nitrogen and oxygen atoms in total. The zero-order valence-corrected chi connectivity index (χ0v) is 29.9. The first-order valence-corrected chi connectivity index (χ1v) is 18.4. The van der Waals surface area contributed by atoms with Gasteiger partial charge in [0, 0.05) is 70.3 Å². The van der Waals surface area contributed by atoms with Crippen LogP contribution >= 0.6 is 23.2 Å². The number of nitrogens with one attached hydrogen (secondary N) is 2. The number of hydrogen-bond acceptors (Lipinski definition) is 6. The Morgan fingerprint density at radius 1 is 0.538 bits per heavy atom. The minimum Gasteiger partial charge on any atom is -0.298 e. The van der Waals surface area contributed by atoms with Gasteiger partial charge in [-0.25, -0.2) is 10.2 Å². The summed E-state index contributed by atoms with van der Waals surface area (Å²) in [5.74, 6) is 0. The zero-order valence-electron chi connectivity index (χ0n) is 28.4. The fourth-order valence-corrected chi connectivity index (χ4v) is 9.25. The fourth-order valence-electron chi connectivity index (χ4n) is 9.00. The Labute approximate surface area is 311 Å². The lowest BCUT2D eigenvalue weighted by atomic mass is 9.71. The van der Waals surface area contributed by atoms with Gasteiger partial charge >= 0.3 is 0 Å². The highest BCUT2D eigenvalue weighted by Crippen LogP contribution is 2.48. The molecule has 0 radical (unpaired) electrons. The van der Waals surface area contributed by atoms with Gasteiger partial charge in [-0.3, -0.25) is 19.4 Å². The molecule has 260 valence electrons. The Kier molecular flexibility index (Phi) is 8.23. The Bertz CT molecular complexity index is 2220. The summed E-state index contributed by atoms with van der Waals surface area (Å²) in [6.07, 6.45) is 2.25. The van der Waals surface area contributed by atoms with Crippen LogP contribution in [-0.2, 0) is 23.9 Å². The van der Waals surface area contributed by atoms with Crippen molar-refractivity contribution < 1.29 is 0 Å². The molecule has 2 fully saturated rings. The molecule has 10 rings (SSSR count). The van der Waals surface area contributed by atoms with E-state index >= 15 is 0 Å². The molecule has 0 spiro atoms. The van der Waals surface area contributed by atoms with Crippen LogP contribution in [0.1, 0.15) is 46.2 Å². The largest absolute Gasteiger partial charge is 0.298 e. The van der Waals surface area contributed by atoms with Gasteiger partial charge in [0.05, 0.1) is 11.4 Å². The number of aromatic nitrogens is 4. The Balaban J connectivity index is 0.000000138. The average molecular weight is 728 g/mol. The number of hydrogen-bond donors (Lipinski definition) is 2. The van der Waals surface area contributed by atoms with Crippen LogP contribution in [0, 0.1) is 0 Å². The lowest BCUT2D eigenvalue weighted by Crippen LogP contribution is -2.37. The Morgan fingerprint density at radius 3 is 1.35 bits per heavy atom. The lowest BCUT2D eigenvalue weighted by molar-refractivity contribution is 0.295. The molecular weight excluding hydrogens is 691 g/mol. The molecule has 4 atom stereocenters. The van der Waals surface area contributed by atoms with Crippen molar-refractivity contribution in [3.63, 3.8) is 0 Å². The standard InChI is InChI=1S/2C21H18ClN3O/c2*22-17-4-2-16(3-5-17)21-9-10-25(13-21)12-15-11-14(1-6-18(15)21)19-7-8-20(26)24-23-19/h2*1-8,11H,9-10,12-13H2,(H,24,26). The highest BCUT2D eigenvalue weighted by Gasteiger charge is 2.47. The van der Waals surface area contributed by atoms with E-state index in [-0.39, 0.29) is 21.9 Å². The molecule has 52 heavy (non-hydrogen) atoms. The normalized spacial score (nSPS) is 23.7. The van der Waals surface area contributed by atoms with Crippen LogP contribution in [0.25, 0.3) is 22.5 Å². The van der Waals surface area contributed by atoms with Crippen LogP contribution in [0.3, 0.4) is 0 Å². The SMILES string of the molecule is O=c1ccc(-c2ccc3c(c2)CN2CCC3(c3ccc(Cl)cc3)C2)n[nH]1.O=c1ccc(-c2ccc3c(c2)CN2CCC3(c3ccc(Cl)cc3)C2)n[nH]1. The molecule has 0 saturated carbocycles. The first-order valence-electron chi connectivity index (χ1n) is 17.6. The van der Waals surface area contributed by atoms with E-state index in [2.05, 4.69) is 90.9 Å². The summed E-state index contributed by atoms with van der Waals surface area (Å²) in [6, 6.07) is 36.4. The summed E-state index contributed by atoms with van der Waals surface area (Å²) >= 11 is 12.2. The van der Waals surface area contributed by atoms with Crippen molar-refractivity contribution in [2.24, 2.45) is 0 Å². The van der Waals surface area contributed by atoms with E-state index in [1.807, 2.05) is 24.3 Å². The van der Waals surface area contributed by atoms with E-state index in [9.17, 15) is 9.59 Å². The quantitative estimate of drug-likeness (QED) is 0.200. The first-order chi connectivity index (χ1) is 25.3. The highest BCUT2D eigenvalue weighted by atomic mass is 35.5. The molecule has 6 heterocycles. The third-order valence-corrected chi connectivity index (χ3v) is 12.0. The topological polar surface area (TPSA) is 98.0 Å². The van der Waals surface area contributed by atoms with E-state index in [0.29, 0.717) is 0 Å². The van der Waals surface area contributed by atoms with Crippen LogP contribution < -0.4 is 11.1 Å². The van der Waals surface area contributed by atoms with Crippen molar-refractivity contribution in [1.82, 2.24) is 30.2 Å². The summed E-state index contributed by atoms with van der Waals surface area (Å²) in [5.41, 5.74) is 11.5. The van der Waals surface area contributed by atoms with Gasteiger partial charge in [-0.05, 0) is 108 Å². The molecule has 0 amide bonds. The summed E-state index contributed by atoms with van der Waals surface area (Å²) in [4.78, 5) is 27.6. The molecule has 4 aliphatic heterocycles. The van der Waals surface area contributed by atoms with Gasteiger partial charge < -0.3 is 0 Å². The maximum atomic E-state index is 11.3. The molecule has 2 N–H and O–H groups in total. The monoisotopic (exact) mass is 726 g/mol. The number of benzene rings is 4.